The van der Waals surface area contributed by atoms with Gasteiger partial charge in [-0.3, -0.25) is 10.1 Å². The first kappa shape index (κ1) is 10.0. The number of nitrogens with two attached hydrogens (primary N) is 2. The zero-order chi connectivity index (χ0) is 10.7. The second-order valence-corrected chi connectivity index (χ2v) is 2.89. The van der Waals surface area contributed by atoms with Crippen molar-refractivity contribution in [2.24, 2.45) is 5.73 Å². The van der Waals surface area contributed by atoms with Gasteiger partial charge in [-0.25, -0.2) is 4.79 Å². The number of primary amides is 1. The monoisotopic (exact) mass is 193 g/mol. The van der Waals surface area contributed by atoms with Crippen molar-refractivity contribution in [3.8, 4) is 0 Å². The van der Waals surface area contributed by atoms with E-state index in [-0.39, 0.29) is 0 Å². The summed E-state index contributed by atoms with van der Waals surface area (Å²) in [6.07, 6.45) is 0. The maximum Gasteiger partial charge on any atom is 0.319 e. The number of hydrogen-bond donors (Lipinski definition) is 3. The fraction of sp³-hybridized carbons (Fsp3) is 0.111. The summed E-state index contributed by atoms with van der Waals surface area (Å²) in [5.74, 6) is -0.527. The van der Waals surface area contributed by atoms with Gasteiger partial charge in [0.05, 0.1) is 0 Å². The van der Waals surface area contributed by atoms with Gasteiger partial charge in [-0.05, 0) is 30.7 Å². The molecule has 14 heavy (non-hydrogen) atoms. The SMILES string of the molecule is Cc1cc(C(=O)NC(N)=O)ccc1N. The molecule has 5 nitrogen and oxygen atoms in total. The van der Waals surface area contributed by atoms with Crippen LogP contribution in [0.1, 0.15) is 15.9 Å². The molecule has 0 heterocycles. The lowest BCUT2D eigenvalue weighted by molar-refractivity contribution is 0.0966. The molecule has 1 rings (SSSR count). The van der Waals surface area contributed by atoms with Crippen molar-refractivity contribution in [2.45, 2.75) is 6.92 Å². The van der Waals surface area contributed by atoms with Crippen molar-refractivity contribution >= 4 is 17.6 Å². The van der Waals surface area contributed by atoms with Gasteiger partial charge in [-0.15, -0.1) is 0 Å². The van der Waals surface area contributed by atoms with Gasteiger partial charge in [0.1, 0.15) is 0 Å². The number of amides is 3. The topological polar surface area (TPSA) is 98.2 Å². The Bertz CT molecular complexity index is 388. The largest absolute Gasteiger partial charge is 0.399 e. The first-order valence-corrected chi connectivity index (χ1v) is 3.97. The van der Waals surface area contributed by atoms with Crippen LogP contribution >= 0.6 is 0 Å². The predicted molar refractivity (Wildman–Crippen MR) is 52.6 cm³/mol. The van der Waals surface area contributed by atoms with Crippen LogP contribution in [0.25, 0.3) is 0 Å². The van der Waals surface area contributed by atoms with Crippen LogP contribution in [-0.4, -0.2) is 11.9 Å². The number of benzene rings is 1. The third-order valence-corrected chi connectivity index (χ3v) is 1.77. The maximum absolute atomic E-state index is 11.3. The predicted octanol–water partition coefficient (Wildman–Crippen LogP) is 0.386. The van der Waals surface area contributed by atoms with Gasteiger partial charge in [0.15, 0.2) is 0 Å². The Morgan fingerprint density at radius 1 is 1.36 bits per heavy atom. The van der Waals surface area contributed by atoms with E-state index in [2.05, 4.69) is 0 Å². The van der Waals surface area contributed by atoms with Crippen molar-refractivity contribution in [1.82, 2.24) is 5.32 Å². The van der Waals surface area contributed by atoms with Crippen LogP contribution in [0.4, 0.5) is 10.5 Å². The summed E-state index contributed by atoms with van der Waals surface area (Å²) in [5.41, 5.74) is 12.1. The minimum atomic E-state index is -0.871. The number of nitrogen functional groups attached to an aromatic ring is 1. The minimum Gasteiger partial charge on any atom is -0.399 e. The molecule has 74 valence electrons. The van der Waals surface area contributed by atoms with Gasteiger partial charge in [0.25, 0.3) is 5.91 Å². The molecule has 1 aromatic carbocycles. The number of carbonyl (C=O) groups excluding carboxylic acids is 2. The number of nitrogens with one attached hydrogen (secondary N) is 1. The van der Waals surface area contributed by atoms with E-state index in [1.165, 1.54) is 6.07 Å². The number of imide groups is 1. The Labute approximate surface area is 81.1 Å². The number of rotatable bonds is 1. The molecule has 0 fully saturated rings. The van der Waals surface area contributed by atoms with Crippen LogP contribution in [0.3, 0.4) is 0 Å². The van der Waals surface area contributed by atoms with Crippen molar-refractivity contribution in [3.63, 3.8) is 0 Å². The number of urea groups is 1. The fourth-order valence-corrected chi connectivity index (χ4v) is 1.00. The summed E-state index contributed by atoms with van der Waals surface area (Å²) in [5, 5.41) is 1.96. The molecule has 1 aromatic rings. The highest BCUT2D eigenvalue weighted by Gasteiger charge is 2.07. The summed E-state index contributed by atoms with van der Waals surface area (Å²) >= 11 is 0. The Morgan fingerprint density at radius 3 is 2.50 bits per heavy atom. The quantitative estimate of drug-likeness (QED) is 0.562. The highest BCUT2D eigenvalue weighted by atomic mass is 16.2. The van der Waals surface area contributed by atoms with E-state index >= 15 is 0 Å². The smallest absolute Gasteiger partial charge is 0.319 e. The van der Waals surface area contributed by atoms with E-state index < -0.39 is 11.9 Å². The number of anilines is 1. The Kier molecular flexibility index (Phi) is 2.71. The van der Waals surface area contributed by atoms with E-state index in [1.54, 1.807) is 19.1 Å². The minimum absolute atomic E-state index is 0.357. The lowest BCUT2D eigenvalue weighted by atomic mass is 10.1. The van der Waals surface area contributed by atoms with Gasteiger partial charge in [-0.1, -0.05) is 0 Å². The fourth-order valence-electron chi connectivity index (χ4n) is 1.00. The van der Waals surface area contributed by atoms with Crippen LogP contribution in [0.5, 0.6) is 0 Å². The lowest BCUT2D eigenvalue weighted by Crippen LogP contribution is -2.34. The normalized spacial score (nSPS) is 9.50. The molecule has 0 saturated heterocycles. The molecule has 5 N–H and O–H groups in total. The van der Waals surface area contributed by atoms with Crippen LogP contribution in [-0.2, 0) is 0 Å². The van der Waals surface area contributed by atoms with E-state index in [0.29, 0.717) is 11.3 Å². The lowest BCUT2D eigenvalue weighted by Gasteiger charge is -2.03. The molecule has 0 aromatic heterocycles. The highest BCUT2D eigenvalue weighted by Crippen LogP contribution is 2.12. The van der Waals surface area contributed by atoms with Crippen LogP contribution < -0.4 is 16.8 Å². The Balaban J connectivity index is 2.91. The summed E-state index contributed by atoms with van der Waals surface area (Å²) < 4.78 is 0. The van der Waals surface area contributed by atoms with Crippen LogP contribution in [0.15, 0.2) is 18.2 Å². The number of aryl methyl sites for hydroxylation is 1. The summed E-state index contributed by atoms with van der Waals surface area (Å²) in [6.45, 7) is 1.77. The van der Waals surface area contributed by atoms with Gasteiger partial charge < -0.3 is 11.5 Å². The molecule has 0 aliphatic rings. The molecular formula is C9H11N3O2. The molecule has 5 heteroatoms. The number of hydrogen-bond acceptors (Lipinski definition) is 3. The van der Waals surface area contributed by atoms with E-state index in [9.17, 15) is 9.59 Å². The molecule has 0 aliphatic heterocycles. The summed E-state index contributed by atoms with van der Waals surface area (Å²) in [4.78, 5) is 21.7. The highest BCUT2D eigenvalue weighted by molar-refractivity contribution is 6.04. The third-order valence-electron chi connectivity index (χ3n) is 1.77. The third kappa shape index (κ3) is 2.22. The molecular weight excluding hydrogens is 182 g/mol. The number of carbonyl (C=O) groups is 2. The van der Waals surface area contributed by atoms with E-state index in [4.69, 9.17) is 11.5 Å². The molecule has 0 unspecified atom stereocenters. The first-order chi connectivity index (χ1) is 6.50. The average molecular weight is 193 g/mol. The second kappa shape index (κ2) is 3.78. The van der Waals surface area contributed by atoms with Crippen molar-refractivity contribution in [1.29, 1.82) is 0 Å². The van der Waals surface area contributed by atoms with Crippen molar-refractivity contribution in [2.75, 3.05) is 5.73 Å². The van der Waals surface area contributed by atoms with Gasteiger partial charge in [0.2, 0.25) is 0 Å². The van der Waals surface area contributed by atoms with E-state index in [1.807, 2.05) is 5.32 Å². The Morgan fingerprint density at radius 2 is 2.00 bits per heavy atom. The molecule has 0 aliphatic carbocycles. The Hall–Kier alpha value is -2.04. The van der Waals surface area contributed by atoms with Crippen LogP contribution in [0, 0.1) is 6.92 Å². The molecule has 3 amide bonds. The maximum atomic E-state index is 11.3. The second-order valence-electron chi connectivity index (χ2n) is 2.89. The zero-order valence-corrected chi connectivity index (χ0v) is 7.70. The molecule has 0 bridgehead atoms. The van der Waals surface area contributed by atoms with E-state index in [0.717, 1.165) is 5.56 Å². The zero-order valence-electron chi connectivity index (χ0n) is 7.70. The first-order valence-electron chi connectivity index (χ1n) is 3.97. The van der Waals surface area contributed by atoms with Gasteiger partial charge in [0, 0.05) is 11.3 Å². The van der Waals surface area contributed by atoms with Gasteiger partial charge in [-0.2, -0.15) is 0 Å². The molecule has 0 atom stereocenters. The molecule has 0 saturated carbocycles. The van der Waals surface area contributed by atoms with Gasteiger partial charge >= 0.3 is 6.03 Å². The summed E-state index contributed by atoms with van der Waals surface area (Å²) in [6, 6.07) is 3.85. The van der Waals surface area contributed by atoms with Crippen molar-refractivity contribution < 1.29 is 9.59 Å². The average Bonchev–Trinajstić information content (AvgIpc) is 2.08. The molecule has 0 spiro atoms. The molecule has 0 radical (unpaired) electrons. The van der Waals surface area contributed by atoms with Crippen LogP contribution in [0.2, 0.25) is 0 Å². The summed E-state index contributed by atoms with van der Waals surface area (Å²) in [7, 11) is 0. The van der Waals surface area contributed by atoms with Crippen molar-refractivity contribution in [3.05, 3.63) is 29.3 Å². The standard InChI is InChI=1S/C9H11N3O2/c1-5-4-6(2-3-7(5)10)8(13)12-9(11)14/h2-4H,10H2,1H3,(H3,11,12,13,14).